The predicted molar refractivity (Wildman–Crippen MR) is 338 cm³/mol. The van der Waals surface area contributed by atoms with Gasteiger partial charge in [0.05, 0.1) is 39.0 Å². The van der Waals surface area contributed by atoms with Crippen molar-refractivity contribution in [3.63, 3.8) is 0 Å². The summed E-state index contributed by atoms with van der Waals surface area (Å²) in [4.78, 5) is 138. The van der Waals surface area contributed by atoms with Gasteiger partial charge in [0, 0.05) is 110 Å². The van der Waals surface area contributed by atoms with Crippen molar-refractivity contribution >= 4 is 169 Å². The van der Waals surface area contributed by atoms with Crippen LogP contribution in [0.2, 0.25) is 0 Å². The number of hydrogen-bond donors (Lipinski definition) is 10. The van der Waals surface area contributed by atoms with Crippen LogP contribution in [0.15, 0.2) is 71.2 Å². The van der Waals surface area contributed by atoms with E-state index in [0.717, 1.165) is 28.8 Å². The van der Waals surface area contributed by atoms with Gasteiger partial charge in [-0.15, -0.1) is 23.2 Å². The van der Waals surface area contributed by atoms with Crippen molar-refractivity contribution in [3.8, 4) is 0 Å². The third-order valence-electron chi connectivity index (χ3n) is 13.0. The van der Waals surface area contributed by atoms with Gasteiger partial charge in [-0.1, -0.05) is 59.8 Å². The van der Waals surface area contributed by atoms with Crippen LogP contribution in [-0.4, -0.2) is 120 Å². The van der Waals surface area contributed by atoms with E-state index in [0.29, 0.717) is 108 Å². The van der Waals surface area contributed by atoms with Crippen LogP contribution < -0.4 is 58.5 Å². The molecule has 0 aromatic heterocycles. The normalized spacial score (nSPS) is 17.1. The molecule has 5 aliphatic heterocycles. The van der Waals surface area contributed by atoms with Crippen LogP contribution in [0, 0.1) is 10.1 Å². The zero-order valence-corrected chi connectivity index (χ0v) is 51.1. The molecule has 87 heavy (non-hydrogen) atoms. The number of halogens is 4. The minimum absolute atomic E-state index is 0. The highest BCUT2D eigenvalue weighted by Crippen LogP contribution is 2.37. The van der Waals surface area contributed by atoms with E-state index in [1.807, 2.05) is 36.4 Å². The Kier molecular flexibility index (Phi) is 29.3. The van der Waals surface area contributed by atoms with Crippen LogP contribution in [0.4, 0.5) is 45.5 Å². The number of para-hydroxylation sites is 3. The van der Waals surface area contributed by atoms with Crippen molar-refractivity contribution in [2.24, 2.45) is 0 Å². The number of carbonyl (C=O) groups is 11. The van der Waals surface area contributed by atoms with Crippen LogP contribution in [0.25, 0.3) is 0 Å². The van der Waals surface area contributed by atoms with Gasteiger partial charge in [-0.2, -0.15) is 0 Å². The third kappa shape index (κ3) is 21.7. The van der Waals surface area contributed by atoms with Crippen LogP contribution in [0.3, 0.4) is 0 Å². The molecule has 10 amide bonds. The third-order valence-corrected chi connectivity index (χ3v) is 14.2. The summed E-state index contributed by atoms with van der Waals surface area (Å²) < 4.78 is 0.552. The highest BCUT2D eigenvalue weighted by molar-refractivity contribution is 9.10. The highest BCUT2D eigenvalue weighted by atomic mass is 79.9. The van der Waals surface area contributed by atoms with Crippen molar-refractivity contribution in [1.29, 1.82) is 0 Å². The number of hydrogen-bond acceptors (Lipinski definition) is 14. The molecule has 9 rings (SSSR count). The maximum absolute atomic E-state index is 12.1. The highest BCUT2D eigenvalue weighted by Gasteiger charge is 2.34. The van der Waals surface area contributed by atoms with E-state index in [4.69, 9.17) is 40.5 Å². The number of nitro groups is 1. The SMILES string of the molecule is C.CC(=O)NC1Cc2cc(Br)cc([N+](=O)[O-])c2NC1=O.CC(=O)NC1Cc2cccc(N)c2NC1=O.CC(=O)NC1Cc2cccc(N3CCCC3=O)c2NC1=O.CC(=O)NC1Cc2cccc(NC(=O)CCCCl)c2NC1=O.O=C(Cl)CCCCl.[B]. The molecule has 5 heterocycles. The van der Waals surface area contributed by atoms with Gasteiger partial charge in [-0.05, 0) is 77.4 Å². The number of nitrogens with zero attached hydrogens (tertiary/aromatic N) is 2. The lowest BCUT2D eigenvalue weighted by molar-refractivity contribution is -0.384. The average molecular weight is 1330 g/mol. The Morgan fingerprint density at radius 2 is 1.06 bits per heavy atom. The van der Waals surface area contributed by atoms with E-state index in [1.54, 1.807) is 29.2 Å². The van der Waals surface area contributed by atoms with Crippen LogP contribution in [0.1, 0.15) is 95.9 Å². The fourth-order valence-corrected chi connectivity index (χ4v) is 10.2. The molecule has 0 saturated carbocycles. The Bertz CT molecular complexity index is 3270. The molecule has 465 valence electrons. The number of nitro benzene ring substituents is 1. The van der Waals surface area contributed by atoms with Crippen molar-refractivity contribution in [1.82, 2.24) is 21.3 Å². The monoisotopic (exact) mass is 1320 g/mol. The standard InChI is InChI=1S/C15H18ClN3O3.C15H17N3O3.C11H10BrN3O4.C11H13N3O2.C4H6Cl2O.CH4.B/c1-9(20)17-12-8-10-4-2-5-11(14(10)19-15(12)22)18-13(21)6-3-7-16;1-9(19)16-11-8-10-4-2-5-12(14(10)17-15(11)21)18-7-3-6-13(18)20;1-5(16)13-8-3-6-2-7(12)4-9(15(18)19)10(6)14-11(8)17;1-6(15)13-9-5-7-3-2-4-8(12)10(7)14-11(9)16;5-3-1-2-4(6)7;;/h2,4-5,12H,3,6-8H2,1H3,(H,17,20)(H,18,21)(H,19,22);2,4-5,11H,3,6-8H2,1H3,(H,16,19)(H,17,21);2,4,8H,3H2,1H3,(H,13,16)(H,14,17);2-4,9H,5,12H2,1H3,(H,13,15)(H,14,16);1-3H2;1H4;. The summed E-state index contributed by atoms with van der Waals surface area (Å²) in [7, 11) is 0. The molecule has 4 atom stereocenters. The summed E-state index contributed by atoms with van der Waals surface area (Å²) in [5.74, 6) is -1.35. The van der Waals surface area contributed by atoms with E-state index in [2.05, 4.69) is 63.8 Å². The van der Waals surface area contributed by atoms with E-state index in [1.165, 1.54) is 33.8 Å². The lowest BCUT2D eigenvalue weighted by atomic mass is 9.97. The minimum atomic E-state index is -0.709. The summed E-state index contributed by atoms with van der Waals surface area (Å²) in [6.45, 7) is 6.15. The lowest BCUT2D eigenvalue weighted by Gasteiger charge is -2.29. The number of fused-ring (bicyclic) bond motifs is 4. The van der Waals surface area contributed by atoms with Crippen molar-refractivity contribution in [3.05, 3.63) is 104 Å². The molecule has 4 unspecified atom stereocenters. The smallest absolute Gasteiger partial charge is 0.294 e. The first kappa shape index (κ1) is 73.1. The van der Waals surface area contributed by atoms with Crippen LogP contribution >= 0.6 is 50.7 Å². The zero-order chi connectivity index (χ0) is 62.7. The van der Waals surface area contributed by atoms with E-state index in [-0.39, 0.29) is 92.0 Å². The summed E-state index contributed by atoms with van der Waals surface area (Å²) in [5, 5.41) is 34.5. The number of nitrogens with one attached hydrogen (secondary N) is 9. The molecule has 4 aromatic carbocycles. The molecule has 1 saturated heterocycles. The second-order valence-electron chi connectivity index (χ2n) is 19.7. The van der Waals surface area contributed by atoms with Crippen LogP contribution in [-0.2, 0) is 78.4 Å². The second kappa shape index (κ2) is 34.9. The van der Waals surface area contributed by atoms with Gasteiger partial charge in [0.2, 0.25) is 64.3 Å². The molecule has 4 aromatic rings. The summed E-state index contributed by atoms with van der Waals surface area (Å²) in [6.07, 6.45) is 4.93. The quantitative estimate of drug-likeness (QED) is 0.0180. The first-order valence-corrected chi connectivity index (χ1v) is 28.8. The van der Waals surface area contributed by atoms with Crippen LogP contribution in [0.5, 0.6) is 0 Å². The number of anilines is 7. The number of nitrogen functional groups attached to an aromatic ring is 1. The Morgan fingerprint density at radius 1 is 0.632 bits per heavy atom. The molecule has 30 heteroatoms. The van der Waals surface area contributed by atoms with Crippen molar-refractivity contribution in [2.75, 3.05) is 55.5 Å². The predicted octanol–water partition coefficient (Wildman–Crippen LogP) is 6.11. The van der Waals surface area contributed by atoms with Gasteiger partial charge in [0.1, 0.15) is 29.9 Å². The van der Waals surface area contributed by atoms with Gasteiger partial charge in [0.25, 0.3) is 5.69 Å². The maximum Gasteiger partial charge on any atom is 0.294 e. The van der Waals surface area contributed by atoms with Gasteiger partial charge >= 0.3 is 0 Å². The second-order valence-corrected chi connectivity index (χ2v) is 21.8. The minimum Gasteiger partial charge on any atom is -0.397 e. The Labute approximate surface area is 527 Å². The van der Waals surface area contributed by atoms with Gasteiger partial charge < -0.3 is 58.5 Å². The number of carbonyl (C=O) groups excluding carboxylic acids is 11. The average Bonchev–Trinajstić information content (AvgIpc) is 2.02. The fourth-order valence-electron chi connectivity index (χ4n) is 9.28. The summed E-state index contributed by atoms with van der Waals surface area (Å²) in [5.41, 5.74) is 12.9. The molecular weight excluding hydrogens is 1260 g/mol. The molecule has 0 spiro atoms. The van der Waals surface area contributed by atoms with Crippen molar-refractivity contribution in [2.45, 2.75) is 123 Å². The number of rotatable bonds is 13. The summed E-state index contributed by atoms with van der Waals surface area (Å²) >= 11 is 19.0. The molecular formula is C57H68BBrCl3N12O13. The number of amides is 10. The summed E-state index contributed by atoms with van der Waals surface area (Å²) in [6, 6.07) is 17.1. The Morgan fingerprint density at radius 3 is 1.51 bits per heavy atom. The van der Waals surface area contributed by atoms with E-state index in [9.17, 15) is 62.9 Å². The van der Waals surface area contributed by atoms with Gasteiger partial charge in [0.15, 0.2) is 0 Å². The number of nitrogens with two attached hydrogens (primary N) is 1. The van der Waals surface area contributed by atoms with E-state index < -0.39 is 35.0 Å². The van der Waals surface area contributed by atoms with Gasteiger partial charge in [-0.25, -0.2) is 0 Å². The molecule has 11 N–H and O–H groups in total. The lowest BCUT2D eigenvalue weighted by Crippen LogP contribution is -2.47. The number of benzene rings is 4. The molecule has 5 aliphatic rings. The van der Waals surface area contributed by atoms with Gasteiger partial charge in [-0.3, -0.25) is 62.9 Å². The topological polar surface area (TPSA) is 368 Å². The zero-order valence-electron chi connectivity index (χ0n) is 47.2. The van der Waals surface area contributed by atoms with E-state index >= 15 is 0 Å². The molecule has 25 nitrogen and oxygen atoms in total. The Hall–Kier alpha value is -8.14. The molecule has 0 bridgehead atoms. The number of alkyl halides is 2. The molecule has 1 fully saturated rings. The van der Waals surface area contributed by atoms with Crippen molar-refractivity contribution < 1.29 is 57.7 Å². The Balaban J connectivity index is 0.000000292. The fraction of sp³-hybridized carbons (Fsp3) is 0.386. The first-order chi connectivity index (χ1) is 40.3. The first-order valence-electron chi connectivity index (χ1n) is 26.6. The molecule has 3 radical (unpaired) electrons. The molecule has 0 aliphatic carbocycles. The maximum atomic E-state index is 12.1. The largest absolute Gasteiger partial charge is 0.397 e.